The van der Waals surface area contributed by atoms with Crippen molar-refractivity contribution >= 4 is 11.3 Å². The first-order valence-electron chi connectivity index (χ1n) is 8.84. The van der Waals surface area contributed by atoms with Crippen LogP contribution in [0.25, 0.3) is 10.6 Å². The van der Waals surface area contributed by atoms with Crippen LogP contribution in [0, 0.1) is 12.8 Å². The highest BCUT2D eigenvalue weighted by atomic mass is 32.1. The first-order chi connectivity index (χ1) is 12.3. The van der Waals surface area contributed by atoms with Gasteiger partial charge in [0, 0.05) is 42.5 Å². The van der Waals surface area contributed by atoms with Gasteiger partial charge >= 0.3 is 0 Å². The van der Waals surface area contributed by atoms with Crippen molar-refractivity contribution < 1.29 is 0 Å². The molecule has 0 bridgehead atoms. The Bertz CT molecular complexity index is 794. The van der Waals surface area contributed by atoms with Crippen molar-refractivity contribution in [2.24, 2.45) is 5.92 Å². The number of aryl methyl sites for hydroxylation is 1. The minimum atomic E-state index is 0.653. The first kappa shape index (κ1) is 16.4. The molecule has 25 heavy (non-hydrogen) atoms. The van der Waals surface area contributed by atoms with Gasteiger partial charge in [-0.25, -0.2) is 4.98 Å². The molecule has 1 atom stereocenters. The molecule has 6 heteroatoms. The Morgan fingerprint density at radius 3 is 2.92 bits per heavy atom. The summed E-state index contributed by atoms with van der Waals surface area (Å²) in [5.41, 5.74) is 2.50. The lowest BCUT2D eigenvalue weighted by Crippen LogP contribution is -2.36. The molecule has 3 heterocycles. The molecule has 0 saturated carbocycles. The topological polar surface area (TPSA) is 46.8 Å². The smallest absolute Gasteiger partial charge is 0.123 e. The number of nitrogens with zero attached hydrogens (tertiary/aromatic N) is 5. The minimum Gasteiger partial charge on any atom is -0.298 e. The Morgan fingerprint density at radius 1 is 1.24 bits per heavy atom. The number of aromatic nitrogens is 4. The van der Waals surface area contributed by atoms with Gasteiger partial charge in [0.05, 0.1) is 6.20 Å². The third-order valence-electron chi connectivity index (χ3n) is 4.75. The fourth-order valence-electron chi connectivity index (χ4n) is 3.47. The summed E-state index contributed by atoms with van der Waals surface area (Å²) in [6.07, 6.45) is 8.28. The second kappa shape index (κ2) is 7.45. The largest absolute Gasteiger partial charge is 0.298 e. The van der Waals surface area contributed by atoms with Crippen molar-refractivity contribution in [2.75, 3.05) is 13.1 Å². The molecule has 1 fully saturated rings. The molecule has 0 spiro atoms. The molecule has 1 unspecified atom stereocenters. The molecule has 2 aromatic heterocycles. The highest BCUT2D eigenvalue weighted by molar-refractivity contribution is 7.15. The van der Waals surface area contributed by atoms with E-state index in [1.165, 1.54) is 35.4 Å². The lowest BCUT2D eigenvalue weighted by molar-refractivity contribution is 0.154. The first-order valence-corrected chi connectivity index (χ1v) is 9.66. The van der Waals surface area contributed by atoms with Crippen LogP contribution in [0.15, 0.2) is 42.9 Å². The van der Waals surface area contributed by atoms with E-state index in [-0.39, 0.29) is 0 Å². The molecular weight excluding hydrogens is 330 g/mol. The van der Waals surface area contributed by atoms with Crippen LogP contribution >= 0.6 is 11.3 Å². The van der Waals surface area contributed by atoms with Gasteiger partial charge in [0.1, 0.15) is 5.01 Å². The summed E-state index contributed by atoms with van der Waals surface area (Å²) >= 11 is 1.81. The summed E-state index contributed by atoms with van der Waals surface area (Å²) in [6.45, 7) is 6.37. The fraction of sp³-hybridized carbons (Fsp3) is 0.421. The molecule has 1 saturated heterocycles. The maximum atomic E-state index is 4.63. The summed E-state index contributed by atoms with van der Waals surface area (Å²) in [5, 5.41) is 9.12. The van der Waals surface area contributed by atoms with Crippen LogP contribution in [0.5, 0.6) is 0 Å². The average molecular weight is 353 g/mol. The number of hydrogen-bond donors (Lipinski definition) is 0. The van der Waals surface area contributed by atoms with Gasteiger partial charge < -0.3 is 0 Å². The van der Waals surface area contributed by atoms with Crippen LogP contribution in [-0.2, 0) is 13.1 Å². The zero-order valence-corrected chi connectivity index (χ0v) is 15.3. The van der Waals surface area contributed by atoms with Gasteiger partial charge in [-0.2, -0.15) is 0 Å². The molecule has 130 valence electrons. The summed E-state index contributed by atoms with van der Waals surface area (Å²) in [4.78, 5) is 8.53. The molecule has 0 N–H and O–H groups in total. The summed E-state index contributed by atoms with van der Waals surface area (Å²) in [7, 11) is 0. The van der Waals surface area contributed by atoms with Crippen molar-refractivity contribution in [3.63, 3.8) is 0 Å². The lowest BCUT2D eigenvalue weighted by Gasteiger charge is -2.32. The Labute approximate surface area is 152 Å². The number of hydrogen-bond acceptors (Lipinski definition) is 5. The van der Waals surface area contributed by atoms with Gasteiger partial charge in [0.15, 0.2) is 0 Å². The molecule has 1 aliphatic rings. The third-order valence-corrected chi connectivity index (χ3v) is 5.78. The van der Waals surface area contributed by atoms with E-state index in [1.54, 1.807) is 6.20 Å². The molecule has 5 nitrogen and oxygen atoms in total. The molecule has 0 amide bonds. The van der Waals surface area contributed by atoms with E-state index in [0.717, 1.165) is 24.6 Å². The quantitative estimate of drug-likeness (QED) is 0.703. The van der Waals surface area contributed by atoms with Gasteiger partial charge in [0.25, 0.3) is 0 Å². The molecule has 1 aromatic carbocycles. The van der Waals surface area contributed by atoms with Gasteiger partial charge in [-0.1, -0.05) is 35.0 Å². The van der Waals surface area contributed by atoms with E-state index in [2.05, 4.69) is 51.4 Å². The zero-order valence-electron chi connectivity index (χ0n) is 14.5. The van der Waals surface area contributed by atoms with Crippen LogP contribution in [-0.4, -0.2) is 38.0 Å². The maximum Gasteiger partial charge on any atom is 0.123 e. The highest BCUT2D eigenvalue weighted by Crippen LogP contribution is 2.27. The predicted molar refractivity (Wildman–Crippen MR) is 100 cm³/mol. The Hall–Kier alpha value is -2.05. The van der Waals surface area contributed by atoms with Crippen molar-refractivity contribution in [3.8, 4) is 10.6 Å². The third kappa shape index (κ3) is 4.14. The van der Waals surface area contributed by atoms with Gasteiger partial charge in [-0.15, -0.1) is 16.4 Å². The Kier molecular flexibility index (Phi) is 4.90. The van der Waals surface area contributed by atoms with Gasteiger partial charge in [-0.3, -0.25) is 9.58 Å². The zero-order chi connectivity index (χ0) is 17.1. The Balaban J connectivity index is 1.37. The summed E-state index contributed by atoms with van der Waals surface area (Å²) in [5.74, 6) is 0.653. The second-order valence-corrected chi connectivity index (χ2v) is 7.98. The van der Waals surface area contributed by atoms with Crippen molar-refractivity contribution in [2.45, 2.75) is 32.9 Å². The van der Waals surface area contributed by atoms with E-state index in [0.29, 0.717) is 5.92 Å². The van der Waals surface area contributed by atoms with E-state index >= 15 is 0 Å². The highest BCUT2D eigenvalue weighted by Gasteiger charge is 2.21. The molecular formula is C19H23N5S. The molecule has 0 radical (unpaired) electrons. The standard InChI is InChI=1S/C19H23N5S/c1-15-4-6-17(7-5-15)19-20-11-18(25-19)14-23-9-2-3-16(12-23)13-24-10-8-21-22-24/h4-8,10-11,16H,2-3,9,12-14H2,1H3. The van der Waals surface area contributed by atoms with Crippen LogP contribution in [0.3, 0.4) is 0 Å². The Morgan fingerprint density at radius 2 is 2.12 bits per heavy atom. The van der Waals surface area contributed by atoms with Crippen LogP contribution < -0.4 is 0 Å². The van der Waals surface area contributed by atoms with E-state index in [4.69, 9.17) is 0 Å². The fourth-order valence-corrected chi connectivity index (χ4v) is 4.43. The van der Waals surface area contributed by atoms with Gasteiger partial charge in [0.2, 0.25) is 0 Å². The number of likely N-dealkylation sites (tertiary alicyclic amines) is 1. The van der Waals surface area contributed by atoms with Crippen LogP contribution in [0.1, 0.15) is 23.3 Å². The average Bonchev–Trinajstić information content (AvgIpc) is 3.28. The number of piperidine rings is 1. The van der Waals surface area contributed by atoms with Crippen LogP contribution in [0.2, 0.25) is 0 Å². The van der Waals surface area contributed by atoms with Crippen molar-refractivity contribution in [3.05, 3.63) is 53.3 Å². The van der Waals surface area contributed by atoms with E-state index in [1.807, 2.05) is 28.4 Å². The van der Waals surface area contributed by atoms with E-state index in [9.17, 15) is 0 Å². The maximum absolute atomic E-state index is 4.63. The number of rotatable bonds is 5. The predicted octanol–water partition coefficient (Wildman–Crippen LogP) is 3.62. The number of benzene rings is 1. The van der Waals surface area contributed by atoms with E-state index < -0.39 is 0 Å². The monoisotopic (exact) mass is 353 g/mol. The molecule has 1 aliphatic heterocycles. The van der Waals surface area contributed by atoms with Gasteiger partial charge in [-0.05, 0) is 32.2 Å². The minimum absolute atomic E-state index is 0.653. The summed E-state index contributed by atoms with van der Waals surface area (Å²) < 4.78 is 1.95. The normalized spacial score (nSPS) is 18.5. The molecule has 3 aromatic rings. The van der Waals surface area contributed by atoms with Crippen molar-refractivity contribution in [1.82, 2.24) is 24.9 Å². The SMILES string of the molecule is Cc1ccc(-c2ncc(CN3CCCC(Cn4ccnn4)C3)s2)cc1. The number of thiazole rings is 1. The lowest BCUT2D eigenvalue weighted by atomic mass is 9.98. The molecule has 0 aliphatic carbocycles. The molecule has 4 rings (SSSR count). The van der Waals surface area contributed by atoms with Crippen molar-refractivity contribution in [1.29, 1.82) is 0 Å². The second-order valence-electron chi connectivity index (χ2n) is 6.87. The summed E-state index contributed by atoms with van der Waals surface area (Å²) in [6, 6.07) is 8.62. The van der Waals surface area contributed by atoms with Crippen LogP contribution in [0.4, 0.5) is 0 Å².